The predicted octanol–water partition coefficient (Wildman–Crippen LogP) is 2.48. The van der Waals surface area contributed by atoms with Gasteiger partial charge in [-0.15, -0.1) is 0 Å². The molecule has 0 spiro atoms. The summed E-state index contributed by atoms with van der Waals surface area (Å²) in [6, 6.07) is 4.19. The van der Waals surface area contributed by atoms with Crippen LogP contribution in [0.2, 0.25) is 0 Å². The first-order valence-electron chi connectivity index (χ1n) is 6.55. The summed E-state index contributed by atoms with van der Waals surface area (Å²) in [5, 5.41) is 9.66. The molecule has 1 N–H and O–H groups in total. The van der Waals surface area contributed by atoms with Crippen molar-refractivity contribution in [2.45, 2.75) is 32.2 Å². The van der Waals surface area contributed by atoms with E-state index >= 15 is 0 Å². The quantitative estimate of drug-likeness (QED) is 0.916. The van der Waals surface area contributed by atoms with Crippen LogP contribution in [0.4, 0.5) is 4.39 Å². The van der Waals surface area contributed by atoms with E-state index in [0.29, 0.717) is 29.3 Å². The SMILES string of the molecule is CC1C(=O)CCc2c(CC(=O)O)c3cccc(F)c3n21. The van der Waals surface area contributed by atoms with Gasteiger partial charge in [-0.3, -0.25) is 9.59 Å². The third-order valence-corrected chi connectivity index (χ3v) is 3.98. The number of ketones is 1. The maximum atomic E-state index is 14.1. The number of carbonyl (C=O) groups excluding carboxylic acids is 1. The van der Waals surface area contributed by atoms with E-state index in [4.69, 9.17) is 5.11 Å². The topological polar surface area (TPSA) is 59.3 Å². The van der Waals surface area contributed by atoms with Gasteiger partial charge in [0.1, 0.15) is 5.82 Å². The highest BCUT2D eigenvalue weighted by Crippen LogP contribution is 2.35. The van der Waals surface area contributed by atoms with Gasteiger partial charge in [0.15, 0.2) is 5.78 Å². The molecule has 3 rings (SSSR count). The Labute approximate surface area is 114 Å². The number of carboxylic acid groups (broad SMARTS) is 1. The maximum Gasteiger partial charge on any atom is 0.307 e. The predicted molar refractivity (Wildman–Crippen MR) is 71.3 cm³/mol. The fourth-order valence-electron chi connectivity index (χ4n) is 3.08. The zero-order valence-electron chi connectivity index (χ0n) is 11.0. The van der Waals surface area contributed by atoms with E-state index in [-0.39, 0.29) is 12.2 Å². The van der Waals surface area contributed by atoms with Gasteiger partial charge in [-0.1, -0.05) is 12.1 Å². The molecule has 0 amide bonds. The molecule has 2 aromatic rings. The van der Waals surface area contributed by atoms with E-state index < -0.39 is 17.8 Å². The molecule has 20 heavy (non-hydrogen) atoms. The second-order valence-corrected chi connectivity index (χ2v) is 5.14. The van der Waals surface area contributed by atoms with Gasteiger partial charge in [0.05, 0.1) is 18.0 Å². The molecular weight excluding hydrogens is 261 g/mol. The molecule has 1 atom stereocenters. The van der Waals surface area contributed by atoms with Crippen molar-refractivity contribution in [3.8, 4) is 0 Å². The molecule has 1 aromatic heterocycles. The summed E-state index contributed by atoms with van der Waals surface area (Å²) in [4.78, 5) is 22.9. The Morgan fingerprint density at radius 2 is 2.20 bits per heavy atom. The average Bonchev–Trinajstić information content (AvgIpc) is 2.70. The van der Waals surface area contributed by atoms with E-state index in [1.54, 1.807) is 23.6 Å². The lowest BCUT2D eigenvalue weighted by molar-refractivity contribution is -0.136. The summed E-state index contributed by atoms with van der Waals surface area (Å²) in [6.45, 7) is 1.74. The first-order valence-corrected chi connectivity index (χ1v) is 6.55. The Hall–Kier alpha value is -2.17. The molecule has 0 radical (unpaired) electrons. The molecule has 1 aliphatic rings. The van der Waals surface area contributed by atoms with Crippen molar-refractivity contribution in [2.75, 3.05) is 0 Å². The lowest BCUT2D eigenvalue weighted by Crippen LogP contribution is -2.25. The molecule has 4 nitrogen and oxygen atoms in total. The van der Waals surface area contributed by atoms with Crippen molar-refractivity contribution in [1.29, 1.82) is 0 Å². The Morgan fingerprint density at radius 1 is 1.45 bits per heavy atom. The summed E-state index contributed by atoms with van der Waals surface area (Å²) >= 11 is 0. The van der Waals surface area contributed by atoms with Crippen molar-refractivity contribution < 1.29 is 19.1 Å². The third kappa shape index (κ3) is 1.73. The number of aromatic nitrogens is 1. The van der Waals surface area contributed by atoms with E-state index in [2.05, 4.69) is 0 Å². The van der Waals surface area contributed by atoms with Crippen LogP contribution in [0.5, 0.6) is 0 Å². The van der Waals surface area contributed by atoms with Crippen molar-refractivity contribution in [1.82, 2.24) is 4.57 Å². The molecule has 1 aromatic carbocycles. The van der Waals surface area contributed by atoms with Crippen LogP contribution >= 0.6 is 0 Å². The number of hydrogen-bond donors (Lipinski definition) is 1. The van der Waals surface area contributed by atoms with Crippen molar-refractivity contribution in [3.05, 3.63) is 35.3 Å². The van der Waals surface area contributed by atoms with Gasteiger partial charge in [-0.2, -0.15) is 0 Å². The molecular formula is C15H14FNO3. The van der Waals surface area contributed by atoms with Gasteiger partial charge in [-0.05, 0) is 25.0 Å². The third-order valence-electron chi connectivity index (χ3n) is 3.98. The summed E-state index contributed by atoms with van der Waals surface area (Å²) in [5.74, 6) is -1.31. The van der Waals surface area contributed by atoms with Crippen LogP contribution in [0.1, 0.15) is 30.6 Å². The van der Waals surface area contributed by atoms with Crippen LogP contribution in [0.25, 0.3) is 10.9 Å². The first-order chi connectivity index (χ1) is 9.50. The minimum Gasteiger partial charge on any atom is -0.481 e. The van der Waals surface area contributed by atoms with E-state index in [9.17, 15) is 14.0 Å². The number of fused-ring (bicyclic) bond motifs is 3. The number of para-hydroxylation sites is 1. The number of rotatable bonds is 2. The second kappa shape index (κ2) is 4.44. The summed E-state index contributed by atoms with van der Waals surface area (Å²) in [7, 11) is 0. The number of halogens is 1. The fourth-order valence-corrected chi connectivity index (χ4v) is 3.08. The van der Waals surface area contributed by atoms with Gasteiger partial charge in [0, 0.05) is 17.5 Å². The van der Waals surface area contributed by atoms with Crippen molar-refractivity contribution >= 4 is 22.7 Å². The molecule has 2 heterocycles. The Bertz CT molecular complexity index is 732. The van der Waals surface area contributed by atoms with Gasteiger partial charge < -0.3 is 9.67 Å². The minimum absolute atomic E-state index is 0.0551. The van der Waals surface area contributed by atoms with Crippen LogP contribution in [-0.4, -0.2) is 21.4 Å². The standard InChI is InChI=1S/C15H14FNO3/c1-8-13(18)6-5-12-10(7-14(19)20)9-3-2-4-11(16)15(9)17(8)12/h2-4,8H,5-7H2,1H3,(H,19,20). The zero-order valence-corrected chi connectivity index (χ0v) is 11.0. The van der Waals surface area contributed by atoms with Crippen molar-refractivity contribution in [2.24, 2.45) is 0 Å². The van der Waals surface area contributed by atoms with Gasteiger partial charge in [0.2, 0.25) is 0 Å². The summed E-state index contributed by atoms with van der Waals surface area (Å²) in [6.07, 6.45) is 0.703. The number of hydrogen-bond acceptors (Lipinski definition) is 2. The molecule has 0 fully saturated rings. The second-order valence-electron chi connectivity index (χ2n) is 5.14. The van der Waals surface area contributed by atoms with Gasteiger partial charge in [-0.25, -0.2) is 4.39 Å². The normalized spacial score (nSPS) is 18.3. The van der Waals surface area contributed by atoms with Crippen molar-refractivity contribution in [3.63, 3.8) is 0 Å². The zero-order chi connectivity index (χ0) is 14.4. The maximum absolute atomic E-state index is 14.1. The fraction of sp³-hybridized carbons (Fsp3) is 0.333. The van der Waals surface area contributed by atoms with Crippen LogP contribution in [0, 0.1) is 5.82 Å². The first kappa shape index (κ1) is 12.8. The Morgan fingerprint density at radius 3 is 2.90 bits per heavy atom. The number of aliphatic carboxylic acids is 1. The highest BCUT2D eigenvalue weighted by Gasteiger charge is 2.30. The minimum atomic E-state index is -0.950. The average molecular weight is 275 g/mol. The highest BCUT2D eigenvalue weighted by atomic mass is 19.1. The molecule has 5 heteroatoms. The van der Waals surface area contributed by atoms with Gasteiger partial charge in [0.25, 0.3) is 0 Å². The van der Waals surface area contributed by atoms with Crippen LogP contribution < -0.4 is 0 Å². The van der Waals surface area contributed by atoms with Crippen LogP contribution in [-0.2, 0) is 22.4 Å². The Balaban J connectivity index is 2.37. The van der Waals surface area contributed by atoms with E-state index in [1.165, 1.54) is 6.07 Å². The highest BCUT2D eigenvalue weighted by molar-refractivity contribution is 5.93. The number of benzene rings is 1. The smallest absolute Gasteiger partial charge is 0.307 e. The van der Waals surface area contributed by atoms with E-state index in [1.807, 2.05) is 0 Å². The number of Topliss-reactive ketones (excluding diaryl/α,β-unsaturated/α-hetero) is 1. The summed E-state index contributed by atoms with van der Waals surface area (Å²) < 4.78 is 15.8. The molecule has 0 saturated heterocycles. The van der Waals surface area contributed by atoms with E-state index in [0.717, 1.165) is 5.69 Å². The Kier molecular flexibility index (Phi) is 2.85. The monoisotopic (exact) mass is 275 g/mol. The molecule has 1 unspecified atom stereocenters. The van der Waals surface area contributed by atoms with Crippen LogP contribution in [0.3, 0.4) is 0 Å². The largest absolute Gasteiger partial charge is 0.481 e. The van der Waals surface area contributed by atoms with Crippen LogP contribution in [0.15, 0.2) is 18.2 Å². The lowest BCUT2D eigenvalue weighted by Gasteiger charge is -2.23. The molecule has 0 aliphatic carbocycles. The number of carbonyl (C=O) groups is 2. The number of nitrogens with zero attached hydrogens (tertiary/aromatic N) is 1. The molecule has 0 bridgehead atoms. The number of carboxylic acids is 1. The summed E-state index contributed by atoms with van der Waals surface area (Å²) in [5.41, 5.74) is 1.75. The molecule has 104 valence electrons. The molecule has 1 aliphatic heterocycles. The van der Waals surface area contributed by atoms with Gasteiger partial charge >= 0.3 is 5.97 Å². The molecule has 0 saturated carbocycles. The lowest BCUT2D eigenvalue weighted by atomic mass is 9.99.